The summed E-state index contributed by atoms with van der Waals surface area (Å²) in [5.74, 6) is 3.57. The molecule has 0 aromatic heterocycles. The normalized spacial score (nSPS) is 42.2. The quantitative estimate of drug-likeness (QED) is 0.746. The lowest BCUT2D eigenvalue weighted by Crippen LogP contribution is -2.48. The molecule has 5 fully saturated rings. The van der Waals surface area contributed by atoms with E-state index in [-0.39, 0.29) is 11.9 Å². The fourth-order valence-corrected chi connectivity index (χ4v) is 5.86. The van der Waals surface area contributed by atoms with Gasteiger partial charge < -0.3 is 4.74 Å². The molecule has 1 saturated heterocycles. The van der Waals surface area contributed by atoms with Crippen LogP contribution in [0, 0.1) is 29.6 Å². The van der Waals surface area contributed by atoms with E-state index < -0.39 is 0 Å². The monoisotopic (exact) mass is 291 g/mol. The topological polar surface area (TPSA) is 29.5 Å². The Kier molecular flexibility index (Phi) is 3.95. The zero-order valence-electron chi connectivity index (χ0n) is 13.1. The summed E-state index contributed by atoms with van der Waals surface area (Å²) >= 11 is 0. The number of carbonyl (C=O) groups is 1. The smallest absolute Gasteiger partial charge is 0.309 e. The Labute approximate surface area is 128 Å². The standard InChI is InChI=1S/C18H29NO2/c20-18(21-7-6-19-4-2-1-3-5-19)17-15-9-13-8-14(11-15)12-16(17)10-13/h13-17H,1-12H2. The third-order valence-electron chi connectivity index (χ3n) is 6.60. The molecule has 4 saturated carbocycles. The second kappa shape index (κ2) is 5.91. The SMILES string of the molecule is O=C(OCCN1CCCCC1)C1C2CC3CC(C2)CC1C3. The number of hydrogen-bond acceptors (Lipinski definition) is 3. The van der Waals surface area contributed by atoms with Gasteiger partial charge in [0, 0.05) is 6.54 Å². The fraction of sp³-hybridized carbons (Fsp3) is 0.944. The molecule has 0 aromatic rings. The number of piperidine rings is 1. The number of rotatable bonds is 4. The second-order valence-corrected chi connectivity index (χ2v) is 8.03. The molecule has 5 aliphatic rings. The third kappa shape index (κ3) is 2.86. The van der Waals surface area contributed by atoms with Gasteiger partial charge in [-0.15, -0.1) is 0 Å². The molecule has 1 aliphatic heterocycles. The van der Waals surface area contributed by atoms with Crippen molar-refractivity contribution < 1.29 is 9.53 Å². The van der Waals surface area contributed by atoms with Crippen LogP contribution in [0.2, 0.25) is 0 Å². The van der Waals surface area contributed by atoms with Crippen LogP contribution in [0.3, 0.4) is 0 Å². The van der Waals surface area contributed by atoms with E-state index in [1.54, 1.807) is 0 Å². The van der Waals surface area contributed by atoms with E-state index in [9.17, 15) is 4.79 Å². The highest BCUT2D eigenvalue weighted by atomic mass is 16.5. The van der Waals surface area contributed by atoms with Gasteiger partial charge in [0.25, 0.3) is 0 Å². The van der Waals surface area contributed by atoms with Crippen LogP contribution in [0.4, 0.5) is 0 Å². The Morgan fingerprint density at radius 1 is 0.905 bits per heavy atom. The van der Waals surface area contributed by atoms with Crippen molar-refractivity contribution in [1.82, 2.24) is 4.90 Å². The Morgan fingerprint density at radius 3 is 2.14 bits per heavy atom. The maximum Gasteiger partial charge on any atom is 0.309 e. The van der Waals surface area contributed by atoms with Crippen molar-refractivity contribution in [2.75, 3.05) is 26.2 Å². The number of esters is 1. The average Bonchev–Trinajstić information content (AvgIpc) is 2.47. The Balaban J connectivity index is 1.27. The van der Waals surface area contributed by atoms with Crippen LogP contribution < -0.4 is 0 Å². The van der Waals surface area contributed by atoms with E-state index in [1.807, 2.05) is 0 Å². The van der Waals surface area contributed by atoms with Crippen molar-refractivity contribution in [3.05, 3.63) is 0 Å². The number of ether oxygens (including phenoxy) is 1. The molecule has 1 heterocycles. The van der Waals surface area contributed by atoms with Crippen LogP contribution in [-0.4, -0.2) is 37.1 Å². The van der Waals surface area contributed by atoms with Gasteiger partial charge in [0.15, 0.2) is 0 Å². The summed E-state index contributed by atoms with van der Waals surface area (Å²) in [6.45, 7) is 3.94. The second-order valence-electron chi connectivity index (χ2n) is 8.03. The lowest BCUT2D eigenvalue weighted by Gasteiger charge is -2.53. The van der Waals surface area contributed by atoms with Gasteiger partial charge in [-0.25, -0.2) is 0 Å². The van der Waals surface area contributed by atoms with Gasteiger partial charge in [-0.1, -0.05) is 6.42 Å². The first-order valence-corrected chi connectivity index (χ1v) is 9.18. The highest BCUT2D eigenvalue weighted by Crippen LogP contribution is 2.56. The molecule has 3 heteroatoms. The lowest BCUT2D eigenvalue weighted by atomic mass is 9.52. The summed E-state index contributed by atoms with van der Waals surface area (Å²) in [6.07, 6.45) is 10.6. The Morgan fingerprint density at radius 2 is 1.52 bits per heavy atom. The van der Waals surface area contributed by atoms with E-state index in [2.05, 4.69) is 4.90 Å². The van der Waals surface area contributed by atoms with Gasteiger partial charge in [0.05, 0.1) is 5.92 Å². The number of likely N-dealkylation sites (tertiary alicyclic amines) is 1. The van der Waals surface area contributed by atoms with Crippen LogP contribution >= 0.6 is 0 Å². The Hall–Kier alpha value is -0.570. The number of hydrogen-bond donors (Lipinski definition) is 0. The fourth-order valence-electron chi connectivity index (χ4n) is 5.86. The van der Waals surface area contributed by atoms with E-state index in [1.165, 1.54) is 64.5 Å². The zero-order chi connectivity index (χ0) is 14.2. The van der Waals surface area contributed by atoms with E-state index in [0.29, 0.717) is 18.4 Å². The first-order valence-electron chi connectivity index (χ1n) is 9.18. The van der Waals surface area contributed by atoms with Crippen molar-refractivity contribution in [1.29, 1.82) is 0 Å². The highest BCUT2D eigenvalue weighted by Gasteiger charge is 2.51. The molecular formula is C18H29NO2. The minimum atomic E-state index is 0.140. The summed E-state index contributed by atoms with van der Waals surface area (Å²) in [5, 5.41) is 0. The highest BCUT2D eigenvalue weighted by molar-refractivity contribution is 5.73. The van der Waals surface area contributed by atoms with E-state index in [4.69, 9.17) is 4.74 Å². The van der Waals surface area contributed by atoms with Crippen LogP contribution in [0.5, 0.6) is 0 Å². The van der Waals surface area contributed by atoms with Crippen molar-refractivity contribution >= 4 is 5.97 Å². The van der Waals surface area contributed by atoms with Crippen molar-refractivity contribution in [3.8, 4) is 0 Å². The number of nitrogens with zero attached hydrogens (tertiary/aromatic N) is 1. The molecule has 0 spiro atoms. The molecule has 0 N–H and O–H groups in total. The largest absolute Gasteiger partial charge is 0.464 e. The first kappa shape index (κ1) is 14.0. The number of carbonyl (C=O) groups excluding carboxylic acids is 1. The summed E-state index contributed by atoms with van der Waals surface area (Å²) in [7, 11) is 0. The molecule has 5 rings (SSSR count). The molecule has 0 unspecified atom stereocenters. The zero-order valence-corrected chi connectivity index (χ0v) is 13.1. The third-order valence-corrected chi connectivity index (χ3v) is 6.60. The summed E-state index contributed by atoms with van der Waals surface area (Å²) in [5.41, 5.74) is 0. The first-order chi connectivity index (χ1) is 10.3. The van der Waals surface area contributed by atoms with Crippen LogP contribution in [0.25, 0.3) is 0 Å². The molecule has 21 heavy (non-hydrogen) atoms. The Bertz CT molecular complexity index is 361. The summed E-state index contributed by atoms with van der Waals surface area (Å²) in [6, 6.07) is 0. The van der Waals surface area contributed by atoms with E-state index >= 15 is 0 Å². The van der Waals surface area contributed by atoms with Gasteiger partial charge in [-0.3, -0.25) is 9.69 Å². The van der Waals surface area contributed by atoms with Crippen LogP contribution in [0.1, 0.15) is 51.4 Å². The molecular weight excluding hydrogens is 262 g/mol. The molecule has 3 nitrogen and oxygen atoms in total. The average molecular weight is 291 g/mol. The predicted molar refractivity (Wildman–Crippen MR) is 81.8 cm³/mol. The van der Waals surface area contributed by atoms with Gasteiger partial charge in [0.2, 0.25) is 0 Å². The molecule has 0 radical (unpaired) electrons. The van der Waals surface area contributed by atoms with Crippen LogP contribution in [-0.2, 0) is 9.53 Å². The van der Waals surface area contributed by atoms with Gasteiger partial charge in [0.1, 0.15) is 6.61 Å². The van der Waals surface area contributed by atoms with Gasteiger partial charge in [-0.2, -0.15) is 0 Å². The van der Waals surface area contributed by atoms with Crippen LogP contribution in [0.15, 0.2) is 0 Å². The maximum absolute atomic E-state index is 12.5. The van der Waals surface area contributed by atoms with Crippen molar-refractivity contribution in [2.45, 2.75) is 51.4 Å². The van der Waals surface area contributed by atoms with Crippen molar-refractivity contribution in [2.24, 2.45) is 29.6 Å². The van der Waals surface area contributed by atoms with Gasteiger partial charge in [-0.05, 0) is 81.7 Å². The maximum atomic E-state index is 12.5. The minimum Gasteiger partial charge on any atom is -0.464 e. The summed E-state index contributed by atoms with van der Waals surface area (Å²) in [4.78, 5) is 15.0. The molecule has 4 bridgehead atoms. The minimum absolute atomic E-state index is 0.140. The molecule has 0 atom stereocenters. The molecule has 0 amide bonds. The van der Waals surface area contributed by atoms with E-state index in [0.717, 1.165) is 18.4 Å². The molecule has 118 valence electrons. The van der Waals surface area contributed by atoms with Gasteiger partial charge >= 0.3 is 5.97 Å². The molecule has 4 aliphatic carbocycles. The summed E-state index contributed by atoms with van der Waals surface area (Å²) < 4.78 is 5.69. The van der Waals surface area contributed by atoms with Crippen molar-refractivity contribution in [3.63, 3.8) is 0 Å². The predicted octanol–water partition coefficient (Wildman–Crippen LogP) is 3.09. The molecule has 0 aromatic carbocycles. The lowest BCUT2D eigenvalue weighted by molar-refractivity contribution is -0.162.